The molecule has 1 atom stereocenters. The number of amides is 1. The van der Waals surface area contributed by atoms with Crippen LogP contribution in [0, 0.1) is 0 Å². The highest BCUT2D eigenvalue weighted by atomic mass is 16.6. The van der Waals surface area contributed by atoms with Crippen molar-refractivity contribution in [3.05, 3.63) is 35.9 Å². The van der Waals surface area contributed by atoms with E-state index in [1.807, 2.05) is 30.3 Å². The van der Waals surface area contributed by atoms with Crippen LogP contribution in [0.15, 0.2) is 30.3 Å². The maximum Gasteiger partial charge on any atom is 0.408 e. The Bertz CT molecular complexity index is 589. The van der Waals surface area contributed by atoms with Crippen LogP contribution >= 0.6 is 0 Å². The molecule has 0 fully saturated rings. The van der Waals surface area contributed by atoms with E-state index < -0.39 is 35.1 Å². The van der Waals surface area contributed by atoms with E-state index in [0.29, 0.717) is 0 Å². The molecule has 1 aromatic rings. The Hall–Kier alpha value is -2.57. The first-order chi connectivity index (χ1) is 11.3. The third kappa shape index (κ3) is 9.34. The molecule has 7 nitrogen and oxygen atoms in total. The van der Waals surface area contributed by atoms with Gasteiger partial charge in [0.05, 0.1) is 5.92 Å². The average molecular weight is 353 g/mol. The van der Waals surface area contributed by atoms with Gasteiger partial charge in [-0.25, -0.2) is 9.59 Å². The number of hydrogen-bond donors (Lipinski definition) is 3. The molecule has 140 valence electrons. The first-order valence-corrected chi connectivity index (χ1v) is 7.78. The smallest absolute Gasteiger partial charge is 0.408 e. The van der Waals surface area contributed by atoms with Crippen LogP contribution in [0.2, 0.25) is 0 Å². The van der Waals surface area contributed by atoms with Crippen LogP contribution in [0.4, 0.5) is 4.79 Å². The fraction of sp³-hybridized carbons (Fsp3) is 0.500. The van der Waals surface area contributed by atoms with Gasteiger partial charge in [-0.2, -0.15) is 0 Å². The summed E-state index contributed by atoms with van der Waals surface area (Å²) in [4.78, 5) is 32.3. The molecule has 0 aliphatic rings. The summed E-state index contributed by atoms with van der Waals surface area (Å²) in [6.45, 7) is 9.58. The van der Waals surface area contributed by atoms with E-state index in [1.54, 1.807) is 27.7 Å². The minimum atomic E-state index is -1.32. The highest BCUT2D eigenvalue weighted by Crippen LogP contribution is 2.13. The normalized spacial score (nSPS) is 12.2. The molecule has 1 rings (SSSR count). The largest absolute Gasteiger partial charge is 0.481 e. The molecule has 0 aliphatic carbocycles. The lowest BCUT2D eigenvalue weighted by molar-refractivity contribution is -0.143. The first-order valence-electron chi connectivity index (χ1n) is 7.78. The maximum atomic E-state index is 11.2. The molecule has 1 aromatic carbocycles. The minimum Gasteiger partial charge on any atom is -0.481 e. The zero-order valence-corrected chi connectivity index (χ0v) is 15.5. The quantitative estimate of drug-likeness (QED) is 0.766. The van der Waals surface area contributed by atoms with Crippen molar-refractivity contribution in [1.82, 2.24) is 5.32 Å². The van der Waals surface area contributed by atoms with Crippen molar-refractivity contribution in [2.75, 3.05) is 0 Å². The number of carboxylic acids is 2. The molecule has 0 aromatic heterocycles. The second-order valence-corrected chi connectivity index (χ2v) is 7.03. The molecule has 0 spiro atoms. The van der Waals surface area contributed by atoms with E-state index in [-0.39, 0.29) is 0 Å². The predicted octanol–water partition coefficient (Wildman–Crippen LogP) is 3.25. The van der Waals surface area contributed by atoms with Crippen molar-refractivity contribution in [3.8, 4) is 0 Å². The van der Waals surface area contributed by atoms with Crippen LogP contribution < -0.4 is 5.32 Å². The topological polar surface area (TPSA) is 113 Å². The Morgan fingerprint density at radius 3 is 1.84 bits per heavy atom. The van der Waals surface area contributed by atoms with Crippen LogP contribution in [0.1, 0.15) is 53.0 Å². The van der Waals surface area contributed by atoms with Gasteiger partial charge >= 0.3 is 18.0 Å². The van der Waals surface area contributed by atoms with Gasteiger partial charge in [-0.1, -0.05) is 30.3 Å². The molecule has 0 saturated carbocycles. The number of carbonyl (C=O) groups is 3. The highest BCUT2D eigenvalue weighted by Gasteiger charge is 2.31. The Morgan fingerprint density at radius 2 is 1.48 bits per heavy atom. The van der Waals surface area contributed by atoms with Crippen LogP contribution in [0.3, 0.4) is 0 Å². The van der Waals surface area contributed by atoms with Gasteiger partial charge in [0.25, 0.3) is 0 Å². The van der Waals surface area contributed by atoms with E-state index >= 15 is 0 Å². The summed E-state index contributed by atoms with van der Waals surface area (Å²) in [5.74, 6) is -2.30. The summed E-state index contributed by atoms with van der Waals surface area (Å²) < 4.78 is 4.91. The number of rotatable bonds is 4. The number of carbonyl (C=O) groups excluding carboxylic acids is 1. The van der Waals surface area contributed by atoms with Gasteiger partial charge in [0.15, 0.2) is 0 Å². The molecule has 25 heavy (non-hydrogen) atoms. The second kappa shape index (κ2) is 9.05. The SMILES string of the molecule is CC(C(=O)O)c1ccccc1.CC(C)(C)OC(=O)NC(C)(C)C(=O)O. The monoisotopic (exact) mass is 353 g/mol. The van der Waals surface area contributed by atoms with Crippen molar-refractivity contribution in [1.29, 1.82) is 0 Å². The Kier molecular flexibility index (Phi) is 8.12. The lowest BCUT2D eigenvalue weighted by atomic mass is 10.0. The Morgan fingerprint density at radius 1 is 1.00 bits per heavy atom. The highest BCUT2D eigenvalue weighted by molar-refractivity contribution is 5.83. The standard InChI is InChI=1S/C9H17NO4.C9H10O2/c1-8(2,3)14-7(13)10-9(4,5)6(11)12;1-7(9(10)11)8-5-3-2-4-6-8/h1-5H3,(H,10,13)(H,11,12);2-7H,1H3,(H,10,11). The lowest BCUT2D eigenvalue weighted by Gasteiger charge is -2.25. The van der Waals surface area contributed by atoms with Crippen LogP contribution in [0.5, 0.6) is 0 Å². The van der Waals surface area contributed by atoms with Crippen molar-refractivity contribution in [3.63, 3.8) is 0 Å². The number of aliphatic carboxylic acids is 2. The van der Waals surface area contributed by atoms with E-state index in [0.717, 1.165) is 5.56 Å². The van der Waals surface area contributed by atoms with Crippen molar-refractivity contribution < 1.29 is 29.3 Å². The van der Waals surface area contributed by atoms with Crippen LogP contribution in [0.25, 0.3) is 0 Å². The van der Waals surface area contributed by atoms with Gasteiger partial charge in [0, 0.05) is 0 Å². The molecular weight excluding hydrogens is 326 g/mol. The second-order valence-electron chi connectivity index (χ2n) is 7.03. The third-order valence-electron chi connectivity index (χ3n) is 3.02. The maximum absolute atomic E-state index is 11.2. The van der Waals surface area contributed by atoms with Gasteiger partial charge in [-0.3, -0.25) is 4.79 Å². The molecule has 1 unspecified atom stereocenters. The summed E-state index contributed by atoms with van der Waals surface area (Å²) in [5.41, 5.74) is -1.10. The lowest BCUT2D eigenvalue weighted by Crippen LogP contribution is -2.51. The number of hydrogen-bond acceptors (Lipinski definition) is 4. The van der Waals surface area contributed by atoms with Gasteiger partial charge < -0.3 is 20.3 Å². The number of ether oxygens (including phenoxy) is 1. The molecule has 0 aliphatic heterocycles. The third-order valence-corrected chi connectivity index (χ3v) is 3.02. The zero-order chi connectivity index (χ0) is 19.8. The summed E-state index contributed by atoms with van der Waals surface area (Å²) in [6, 6.07) is 9.19. The van der Waals surface area contributed by atoms with Crippen molar-refractivity contribution in [2.45, 2.75) is 58.6 Å². The molecule has 0 heterocycles. The molecule has 7 heteroatoms. The Balaban J connectivity index is 0.000000472. The van der Waals surface area contributed by atoms with Crippen molar-refractivity contribution in [2.24, 2.45) is 0 Å². The fourth-order valence-corrected chi connectivity index (χ4v) is 1.50. The summed E-state index contributed by atoms with van der Waals surface area (Å²) in [5, 5.41) is 19.6. The van der Waals surface area contributed by atoms with Crippen molar-refractivity contribution >= 4 is 18.0 Å². The van der Waals surface area contributed by atoms with E-state index in [9.17, 15) is 14.4 Å². The van der Waals surface area contributed by atoms with Crippen LogP contribution in [-0.4, -0.2) is 39.4 Å². The molecule has 0 radical (unpaired) electrons. The van der Waals surface area contributed by atoms with E-state index in [2.05, 4.69) is 5.32 Å². The Labute approximate surface area is 148 Å². The zero-order valence-electron chi connectivity index (χ0n) is 15.5. The van der Waals surface area contributed by atoms with E-state index in [4.69, 9.17) is 14.9 Å². The molecule has 3 N–H and O–H groups in total. The fourth-order valence-electron chi connectivity index (χ4n) is 1.50. The predicted molar refractivity (Wildman–Crippen MR) is 93.6 cm³/mol. The number of alkyl carbamates (subject to hydrolysis) is 1. The van der Waals surface area contributed by atoms with E-state index in [1.165, 1.54) is 13.8 Å². The average Bonchev–Trinajstić information content (AvgIpc) is 2.45. The summed E-state index contributed by atoms with van der Waals surface area (Å²) in [7, 11) is 0. The first kappa shape index (κ1) is 22.4. The number of nitrogens with one attached hydrogen (secondary N) is 1. The summed E-state index contributed by atoms with van der Waals surface area (Å²) in [6.07, 6.45) is -0.732. The van der Waals surface area contributed by atoms with Gasteiger partial charge in [0.2, 0.25) is 0 Å². The molecule has 0 saturated heterocycles. The minimum absolute atomic E-state index is 0.406. The molecular formula is C18H27NO6. The number of benzene rings is 1. The van der Waals surface area contributed by atoms with Crippen LogP contribution in [-0.2, 0) is 14.3 Å². The summed E-state index contributed by atoms with van der Waals surface area (Å²) >= 11 is 0. The van der Waals surface area contributed by atoms with Gasteiger partial charge in [0.1, 0.15) is 11.1 Å². The van der Waals surface area contributed by atoms with Gasteiger partial charge in [-0.15, -0.1) is 0 Å². The number of carboxylic acid groups (broad SMARTS) is 2. The molecule has 1 amide bonds. The van der Waals surface area contributed by atoms with Gasteiger partial charge in [-0.05, 0) is 47.1 Å². The molecule has 0 bridgehead atoms.